The van der Waals surface area contributed by atoms with Crippen molar-refractivity contribution in [2.75, 3.05) is 5.73 Å². The average molecular weight is 191 g/mol. The average Bonchev–Trinajstić information content (AvgIpc) is 1.96. The molecule has 2 N–H and O–H groups in total. The molecule has 0 saturated carbocycles. The first kappa shape index (κ1) is 8.62. The van der Waals surface area contributed by atoms with Gasteiger partial charge in [0, 0.05) is 0 Å². The van der Waals surface area contributed by atoms with Crippen LogP contribution in [0.3, 0.4) is 0 Å². The maximum atomic E-state index is 5.68. The topological polar surface area (TPSA) is 38.9 Å². The van der Waals surface area contributed by atoms with E-state index in [1.165, 1.54) is 0 Å². The highest BCUT2D eigenvalue weighted by Gasteiger charge is 2.04. The van der Waals surface area contributed by atoms with E-state index in [1.54, 1.807) is 6.07 Å². The minimum absolute atomic E-state index is 0.286. The van der Waals surface area contributed by atoms with Crippen molar-refractivity contribution in [3.63, 3.8) is 0 Å². The second-order valence-electron chi connectivity index (χ2n) is 2.16. The lowest BCUT2D eigenvalue weighted by Crippen LogP contribution is -1.96. The van der Waals surface area contributed by atoms with Crippen molar-refractivity contribution < 1.29 is 0 Å². The van der Waals surface area contributed by atoms with Gasteiger partial charge >= 0.3 is 0 Å². The first-order chi connectivity index (χ1) is 5.15. The van der Waals surface area contributed by atoms with Gasteiger partial charge in [-0.05, 0) is 18.1 Å². The van der Waals surface area contributed by atoms with Gasteiger partial charge in [-0.15, -0.1) is 0 Å². The van der Waals surface area contributed by atoms with Crippen molar-refractivity contribution in [3.8, 4) is 0 Å². The molecule has 4 heteroatoms. The van der Waals surface area contributed by atoms with E-state index in [4.69, 9.17) is 28.9 Å². The van der Waals surface area contributed by atoms with Crippen LogP contribution in [-0.2, 0) is 6.42 Å². The summed E-state index contributed by atoms with van der Waals surface area (Å²) in [5.74, 6) is 0. The van der Waals surface area contributed by atoms with Crippen LogP contribution >= 0.6 is 23.2 Å². The molecule has 11 heavy (non-hydrogen) atoms. The molecule has 0 atom stereocenters. The lowest BCUT2D eigenvalue weighted by Gasteiger charge is -2.03. The summed E-state index contributed by atoms with van der Waals surface area (Å²) in [5, 5.41) is 0.676. The van der Waals surface area contributed by atoms with Crippen LogP contribution < -0.4 is 5.73 Å². The summed E-state index contributed by atoms with van der Waals surface area (Å²) in [7, 11) is 0. The number of rotatable bonds is 1. The molecule has 0 fully saturated rings. The van der Waals surface area contributed by atoms with Crippen molar-refractivity contribution in [1.82, 2.24) is 4.98 Å². The largest absolute Gasteiger partial charge is 0.396 e. The number of hydrogen-bond acceptors (Lipinski definition) is 2. The Morgan fingerprint density at radius 3 is 2.73 bits per heavy atom. The van der Waals surface area contributed by atoms with E-state index >= 15 is 0 Å². The summed E-state index contributed by atoms with van der Waals surface area (Å²) in [6, 6.07) is 1.72. The third-order valence-corrected chi connectivity index (χ3v) is 1.93. The molecule has 0 aliphatic carbocycles. The summed E-state index contributed by atoms with van der Waals surface area (Å²) in [6.45, 7) is 1.98. The van der Waals surface area contributed by atoms with Gasteiger partial charge in [0.05, 0.1) is 5.69 Å². The Kier molecular flexibility index (Phi) is 2.58. The molecular weight excluding hydrogens is 183 g/mol. The van der Waals surface area contributed by atoms with Gasteiger partial charge in [-0.3, -0.25) is 0 Å². The number of aryl methyl sites for hydroxylation is 1. The second-order valence-corrected chi connectivity index (χ2v) is 2.91. The lowest BCUT2D eigenvalue weighted by molar-refractivity contribution is 1.12. The number of anilines is 1. The monoisotopic (exact) mass is 190 g/mol. The molecule has 60 valence electrons. The Morgan fingerprint density at radius 1 is 1.55 bits per heavy atom. The van der Waals surface area contributed by atoms with Crippen LogP contribution in [-0.4, -0.2) is 4.98 Å². The van der Waals surface area contributed by atoms with Crippen LogP contribution in [0.4, 0.5) is 5.69 Å². The third kappa shape index (κ3) is 1.76. The second kappa shape index (κ2) is 3.28. The van der Waals surface area contributed by atoms with Crippen molar-refractivity contribution in [2.45, 2.75) is 13.3 Å². The molecular formula is C7H8Cl2N2. The SMILES string of the molecule is CCc1cc(Cl)nc(Cl)c1N. The maximum Gasteiger partial charge on any atom is 0.153 e. The minimum Gasteiger partial charge on any atom is -0.396 e. The zero-order valence-electron chi connectivity index (χ0n) is 6.06. The van der Waals surface area contributed by atoms with E-state index < -0.39 is 0 Å². The molecule has 0 saturated heterocycles. The van der Waals surface area contributed by atoms with Gasteiger partial charge in [-0.25, -0.2) is 4.98 Å². The quantitative estimate of drug-likeness (QED) is 0.692. The van der Waals surface area contributed by atoms with E-state index in [0.29, 0.717) is 10.8 Å². The van der Waals surface area contributed by atoms with Crippen LogP contribution in [0.5, 0.6) is 0 Å². The van der Waals surface area contributed by atoms with Crippen LogP contribution in [0.2, 0.25) is 10.3 Å². The Morgan fingerprint density at radius 2 is 2.18 bits per heavy atom. The number of aromatic nitrogens is 1. The van der Waals surface area contributed by atoms with Crippen molar-refractivity contribution in [2.24, 2.45) is 0 Å². The predicted molar refractivity (Wildman–Crippen MR) is 48.0 cm³/mol. The summed E-state index contributed by atoms with van der Waals surface area (Å²) in [6.07, 6.45) is 0.813. The molecule has 0 amide bonds. The third-order valence-electron chi connectivity index (χ3n) is 1.45. The molecule has 0 aromatic carbocycles. The fourth-order valence-corrected chi connectivity index (χ4v) is 1.30. The molecule has 0 unspecified atom stereocenters. The standard InChI is InChI=1S/C7H8Cl2N2/c1-2-4-3-5(8)11-7(9)6(4)10/h3H,2,10H2,1H3. The highest BCUT2D eigenvalue weighted by atomic mass is 35.5. The Bertz CT molecular complexity index is 273. The van der Waals surface area contributed by atoms with Crippen LogP contribution in [0.1, 0.15) is 12.5 Å². The van der Waals surface area contributed by atoms with Gasteiger partial charge in [0.1, 0.15) is 5.15 Å². The minimum atomic E-state index is 0.286. The molecule has 1 heterocycles. The highest BCUT2D eigenvalue weighted by molar-refractivity contribution is 6.34. The summed E-state index contributed by atoms with van der Waals surface area (Å²) in [4.78, 5) is 3.79. The van der Waals surface area contributed by atoms with Gasteiger partial charge in [0.2, 0.25) is 0 Å². The van der Waals surface area contributed by atoms with E-state index in [1.807, 2.05) is 6.92 Å². The summed E-state index contributed by atoms with van der Waals surface area (Å²) >= 11 is 11.3. The van der Waals surface area contributed by atoms with Gasteiger partial charge in [-0.2, -0.15) is 0 Å². The Hall–Kier alpha value is -0.470. The van der Waals surface area contributed by atoms with Crippen molar-refractivity contribution >= 4 is 28.9 Å². The number of nitrogen functional groups attached to an aromatic ring is 1. The summed E-state index contributed by atoms with van der Waals surface area (Å²) < 4.78 is 0. The Balaban J connectivity index is 3.24. The van der Waals surface area contributed by atoms with E-state index in [9.17, 15) is 0 Å². The number of halogens is 2. The van der Waals surface area contributed by atoms with E-state index in [2.05, 4.69) is 4.98 Å². The Labute approximate surface area is 75.3 Å². The van der Waals surface area contributed by atoms with Crippen LogP contribution in [0, 0.1) is 0 Å². The molecule has 0 bridgehead atoms. The molecule has 1 rings (SSSR count). The zero-order chi connectivity index (χ0) is 8.43. The van der Waals surface area contributed by atoms with Gasteiger partial charge in [-0.1, -0.05) is 30.1 Å². The number of nitrogens with two attached hydrogens (primary N) is 1. The molecule has 2 nitrogen and oxygen atoms in total. The normalized spacial score (nSPS) is 10.1. The van der Waals surface area contributed by atoms with E-state index in [0.717, 1.165) is 12.0 Å². The molecule has 0 aliphatic heterocycles. The van der Waals surface area contributed by atoms with Crippen LogP contribution in [0.25, 0.3) is 0 Å². The highest BCUT2D eigenvalue weighted by Crippen LogP contribution is 2.23. The maximum absolute atomic E-state index is 5.68. The van der Waals surface area contributed by atoms with Gasteiger partial charge in [0.25, 0.3) is 0 Å². The van der Waals surface area contributed by atoms with Gasteiger partial charge in [0.15, 0.2) is 5.15 Å². The fraction of sp³-hybridized carbons (Fsp3) is 0.286. The van der Waals surface area contributed by atoms with Crippen molar-refractivity contribution in [3.05, 3.63) is 21.9 Å². The molecule has 1 aromatic heterocycles. The van der Waals surface area contributed by atoms with Crippen molar-refractivity contribution in [1.29, 1.82) is 0 Å². The zero-order valence-corrected chi connectivity index (χ0v) is 7.58. The van der Waals surface area contributed by atoms with E-state index in [-0.39, 0.29) is 5.15 Å². The predicted octanol–water partition coefficient (Wildman–Crippen LogP) is 2.53. The number of hydrogen-bond donors (Lipinski definition) is 1. The number of pyridine rings is 1. The molecule has 0 spiro atoms. The van der Waals surface area contributed by atoms with Gasteiger partial charge < -0.3 is 5.73 Å². The molecule has 1 aromatic rings. The first-order valence-electron chi connectivity index (χ1n) is 3.25. The van der Waals surface area contributed by atoms with Crippen LogP contribution in [0.15, 0.2) is 6.07 Å². The molecule has 0 aliphatic rings. The first-order valence-corrected chi connectivity index (χ1v) is 4.01. The lowest BCUT2D eigenvalue weighted by atomic mass is 10.2. The fourth-order valence-electron chi connectivity index (χ4n) is 0.833. The number of nitrogens with zero attached hydrogens (tertiary/aromatic N) is 1. The smallest absolute Gasteiger partial charge is 0.153 e. The summed E-state index contributed by atoms with van der Waals surface area (Å²) in [5.41, 5.74) is 7.08. The molecule has 0 radical (unpaired) electrons.